The Morgan fingerprint density at radius 2 is 2.00 bits per heavy atom. The van der Waals surface area contributed by atoms with Gasteiger partial charge in [-0.15, -0.1) is 0 Å². The van der Waals surface area contributed by atoms with Gasteiger partial charge in [-0.3, -0.25) is 0 Å². The Balaban J connectivity index is 1.40. The molecule has 4 heterocycles. The van der Waals surface area contributed by atoms with E-state index >= 15 is 0 Å². The maximum atomic E-state index is 12.4. The van der Waals surface area contributed by atoms with Crippen LogP contribution in [0.1, 0.15) is 64.9 Å². The van der Waals surface area contributed by atoms with Crippen molar-refractivity contribution < 1.29 is 23.8 Å². The van der Waals surface area contributed by atoms with Gasteiger partial charge >= 0.3 is 5.97 Å². The van der Waals surface area contributed by atoms with E-state index in [4.69, 9.17) is 18.9 Å². The first-order valence-electron chi connectivity index (χ1n) is 12.2. The van der Waals surface area contributed by atoms with E-state index in [1.807, 2.05) is 32.1 Å². The van der Waals surface area contributed by atoms with Crippen LogP contribution in [0.2, 0.25) is 0 Å². The number of aromatic nitrogens is 1. The van der Waals surface area contributed by atoms with Crippen molar-refractivity contribution in [2.24, 2.45) is 5.92 Å². The molecule has 3 aromatic rings. The first kappa shape index (κ1) is 21.4. The number of benzene rings is 1. The van der Waals surface area contributed by atoms with E-state index in [1.165, 1.54) is 5.56 Å². The monoisotopic (exact) mass is 459 g/mol. The number of hydrogen-bond acceptors (Lipinski definition) is 5. The van der Waals surface area contributed by atoms with Gasteiger partial charge < -0.3 is 19.0 Å². The molecule has 6 rings (SSSR count). The Kier molecular flexibility index (Phi) is 5.21. The molecular formula is C28H29NO5. The molecule has 0 radical (unpaired) electrons. The third-order valence-corrected chi connectivity index (χ3v) is 7.58. The SMILES string of the molecule is Cc1c(-c2cc(C(=O)O)c3c(OCC4CC5CCC(C4)O5)ccc(C)c3n2)oc2c1CCC=C2. The van der Waals surface area contributed by atoms with Crippen LogP contribution < -0.4 is 4.74 Å². The Bertz CT molecular complexity index is 1310. The number of fused-ring (bicyclic) bond motifs is 4. The highest BCUT2D eigenvalue weighted by molar-refractivity contribution is 6.07. The maximum Gasteiger partial charge on any atom is 0.336 e. The zero-order valence-electron chi connectivity index (χ0n) is 19.6. The Hall–Kier alpha value is -3.12. The second-order valence-electron chi connectivity index (χ2n) is 9.91. The summed E-state index contributed by atoms with van der Waals surface area (Å²) in [4.78, 5) is 17.3. The van der Waals surface area contributed by atoms with Crippen molar-refractivity contribution in [2.45, 2.75) is 64.6 Å². The second kappa shape index (κ2) is 8.27. The van der Waals surface area contributed by atoms with Crippen LogP contribution in [0.5, 0.6) is 5.75 Å². The second-order valence-corrected chi connectivity index (χ2v) is 9.91. The maximum absolute atomic E-state index is 12.4. The molecule has 2 unspecified atom stereocenters. The lowest BCUT2D eigenvalue weighted by Gasteiger charge is -2.28. The molecule has 0 amide bonds. The minimum atomic E-state index is -0.998. The summed E-state index contributed by atoms with van der Waals surface area (Å²) in [6.07, 6.45) is 11.0. The summed E-state index contributed by atoms with van der Waals surface area (Å²) in [5.74, 6) is 1.49. The molecule has 1 aliphatic carbocycles. The predicted octanol–water partition coefficient (Wildman–Crippen LogP) is 6.11. The molecule has 2 bridgehead atoms. The Labute approximate surface area is 198 Å². The highest BCUT2D eigenvalue weighted by Gasteiger charge is 2.35. The molecule has 0 saturated carbocycles. The number of allylic oxidation sites excluding steroid dienone is 1. The summed E-state index contributed by atoms with van der Waals surface area (Å²) in [7, 11) is 0. The number of furan rings is 1. The summed E-state index contributed by atoms with van der Waals surface area (Å²) in [6.45, 7) is 4.54. The molecule has 1 aromatic carbocycles. The fraction of sp³-hybridized carbons (Fsp3) is 0.429. The average Bonchev–Trinajstić information content (AvgIpc) is 3.36. The zero-order chi connectivity index (χ0) is 23.4. The lowest BCUT2D eigenvalue weighted by atomic mass is 9.96. The van der Waals surface area contributed by atoms with Gasteiger partial charge in [0.2, 0.25) is 0 Å². The normalized spacial score (nSPS) is 23.3. The minimum Gasteiger partial charge on any atom is -0.493 e. The van der Waals surface area contributed by atoms with E-state index in [0.29, 0.717) is 52.8 Å². The molecular weight excluding hydrogens is 430 g/mol. The van der Waals surface area contributed by atoms with Crippen molar-refractivity contribution in [3.63, 3.8) is 0 Å². The van der Waals surface area contributed by atoms with Crippen molar-refractivity contribution in [1.29, 1.82) is 0 Å². The van der Waals surface area contributed by atoms with Crippen molar-refractivity contribution in [3.8, 4) is 17.2 Å². The molecule has 2 aromatic heterocycles. The van der Waals surface area contributed by atoms with Gasteiger partial charge in [0.1, 0.15) is 17.2 Å². The molecule has 34 heavy (non-hydrogen) atoms. The number of pyridine rings is 1. The summed E-state index contributed by atoms with van der Waals surface area (Å²) >= 11 is 0. The number of aryl methyl sites for hydroxylation is 1. The highest BCUT2D eigenvalue weighted by Crippen LogP contribution is 2.39. The number of hydrogen-bond donors (Lipinski definition) is 1. The van der Waals surface area contributed by atoms with E-state index in [9.17, 15) is 9.90 Å². The summed E-state index contributed by atoms with van der Waals surface area (Å²) in [6, 6.07) is 5.46. The molecule has 3 aliphatic rings. The van der Waals surface area contributed by atoms with Crippen LogP contribution in [0.3, 0.4) is 0 Å². The van der Waals surface area contributed by atoms with Gasteiger partial charge in [-0.2, -0.15) is 0 Å². The number of aromatic carboxylic acids is 1. The van der Waals surface area contributed by atoms with Gasteiger partial charge in [-0.1, -0.05) is 12.1 Å². The molecule has 2 atom stereocenters. The number of carboxylic acid groups (broad SMARTS) is 1. The van der Waals surface area contributed by atoms with Gasteiger partial charge in [0.15, 0.2) is 5.76 Å². The molecule has 0 spiro atoms. The van der Waals surface area contributed by atoms with Gasteiger partial charge in [-0.25, -0.2) is 9.78 Å². The van der Waals surface area contributed by atoms with Gasteiger partial charge in [-0.05, 0) is 82.1 Å². The summed E-state index contributed by atoms with van der Waals surface area (Å²) < 4.78 is 18.4. The number of carboxylic acids is 1. The quantitative estimate of drug-likeness (QED) is 0.496. The molecule has 1 N–H and O–H groups in total. The first-order chi connectivity index (χ1) is 16.5. The predicted molar refractivity (Wildman–Crippen MR) is 129 cm³/mol. The molecule has 2 aliphatic heterocycles. The smallest absolute Gasteiger partial charge is 0.336 e. The van der Waals surface area contributed by atoms with Crippen molar-refractivity contribution in [1.82, 2.24) is 4.98 Å². The average molecular weight is 460 g/mol. The third-order valence-electron chi connectivity index (χ3n) is 7.58. The van der Waals surface area contributed by atoms with Crippen molar-refractivity contribution in [2.75, 3.05) is 6.61 Å². The highest BCUT2D eigenvalue weighted by atomic mass is 16.5. The number of carbonyl (C=O) groups is 1. The summed E-state index contributed by atoms with van der Waals surface area (Å²) in [5.41, 5.74) is 4.49. The molecule has 6 nitrogen and oxygen atoms in total. The largest absolute Gasteiger partial charge is 0.493 e. The van der Waals surface area contributed by atoms with E-state index in [2.05, 4.69) is 6.08 Å². The number of ether oxygens (including phenoxy) is 2. The Morgan fingerprint density at radius 1 is 1.21 bits per heavy atom. The van der Waals surface area contributed by atoms with Crippen LogP contribution in [0.4, 0.5) is 0 Å². The van der Waals surface area contributed by atoms with Gasteiger partial charge in [0.05, 0.1) is 35.3 Å². The zero-order valence-corrected chi connectivity index (χ0v) is 19.6. The fourth-order valence-electron chi connectivity index (χ4n) is 5.84. The molecule has 176 valence electrons. The van der Waals surface area contributed by atoms with E-state index in [1.54, 1.807) is 6.07 Å². The molecule has 6 heteroatoms. The van der Waals surface area contributed by atoms with Gasteiger partial charge in [0, 0.05) is 11.1 Å². The van der Waals surface area contributed by atoms with Crippen LogP contribution in [-0.2, 0) is 11.2 Å². The standard InChI is InChI=1S/C28H29NO5/c1-15-7-10-24(32-14-17-11-18-8-9-19(12-17)33-18)25-21(28(30)31)13-22(29-26(15)25)27-16(2)20-5-3-4-6-23(20)34-27/h4,6-7,10,13,17-19H,3,5,8-9,11-12,14H2,1-2H3,(H,30,31). The first-order valence-corrected chi connectivity index (χ1v) is 12.2. The van der Waals surface area contributed by atoms with Crippen molar-refractivity contribution >= 4 is 22.9 Å². The van der Waals surface area contributed by atoms with Crippen LogP contribution in [0.25, 0.3) is 28.4 Å². The van der Waals surface area contributed by atoms with Gasteiger partial charge in [0.25, 0.3) is 0 Å². The number of nitrogens with zero attached hydrogens (tertiary/aromatic N) is 1. The lowest BCUT2D eigenvalue weighted by molar-refractivity contribution is -0.0282. The molecule has 2 fully saturated rings. The van der Waals surface area contributed by atoms with Crippen LogP contribution in [-0.4, -0.2) is 34.9 Å². The summed E-state index contributed by atoms with van der Waals surface area (Å²) in [5, 5.41) is 10.7. The minimum absolute atomic E-state index is 0.190. The fourth-order valence-corrected chi connectivity index (χ4v) is 5.84. The number of rotatable bonds is 5. The topological polar surface area (TPSA) is 81.8 Å². The molecule has 2 saturated heterocycles. The van der Waals surface area contributed by atoms with Crippen LogP contribution in [0, 0.1) is 19.8 Å². The van der Waals surface area contributed by atoms with Crippen molar-refractivity contribution in [3.05, 3.63) is 52.3 Å². The van der Waals surface area contributed by atoms with E-state index in [-0.39, 0.29) is 5.56 Å². The third kappa shape index (κ3) is 3.61. The van der Waals surface area contributed by atoms with E-state index < -0.39 is 5.97 Å². The lowest BCUT2D eigenvalue weighted by Crippen LogP contribution is -2.28. The van der Waals surface area contributed by atoms with E-state index in [0.717, 1.165) is 55.4 Å². The van der Waals surface area contributed by atoms with Crippen LogP contribution >= 0.6 is 0 Å². The Morgan fingerprint density at radius 3 is 2.74 bits per heavy atom. The van der Waals surface area contributed by atoms with Crippen LogP contribution in [0.15, 0.2) is 28.7 Å².